The van der Waals surface area contributed by atoms with Gasteiger partial charge in [0.1, 0.15) is 0 Å². The lowest BCUT2D eigenvalue weighted by Crippen LogP contribution is -2.31. The van der Waals surface area contributed by atoms with Crippen LogP contribution in [0.4, 0.5) is 5.69 Å². The Labute approximate surface area is 91.3 Å². The summed E-state index contributed by atoms with van der Waals surface area (Å²) in [5, 5.41) is 12.8. The van der Waals surface area contributed by atoms with Gasteiger partial charge in [0.15, 0.2) is 0 Å². The van der Waals surface area contributed by atoms with E-state index in [9.17, 15) is 5.11 Å². The summed E-state index contributed by atoms with van der Waals surface area (Å²) in [5.74, 6) is 0.648. The minimum atomic E-state index is 0.231. The zero-order valence-corrected chi connectivity index (χ0v) is 9.02. The van der Waals surface area contributed by atoms with Crippen molar-refractivity contribution in [1.29, 1.82) is 0 Å². The number of para-hydroxylation sites is 1. The highest BCUT2D eigenvalue weighted by molar-refractivity contribution is 5.43. The normalized spacial score (nSPS) is 19.0. The molecule has 0 aliphatic heterocycles. The van der Waals surface area contributed by atoms with Crippen molar-refractivity contribution in [3.63, 3.8) is 0 Å². The van der Waals surface area contributed by atoms with Crippen LogP contribution >= 0.6 is 0 Å². The van der Waals surface area contributed by atoms with Crippen LogP contribution < -0.4 is 5.32 Å². The maximum Gasteiger partial charge on any atom is 0.0635 e. The second kappa shape index (κ2) is 5.17. The molecular formula is C13H19NO. The van der Waals surface area contributed by atoms with Gasteiger partial charge in [0.05, 0.1) is 12.6 Å². The molecule has 2 heteroatoms. The summed E-state index contributed by atoms with van der Waals surface area (Å²) < 4.78 is 0. The summed E-state index contributed by atoms with van der Waals surface area (Å²) in [6.45, 7) is 0.236. The Morgan fingerprint density at radius 1 is 1.20 bits per heavy atom. The van der Waals surface area contributed by atoms with Crippen molar-refractivity contribution in [2.24, 2.45) is 5.92 Å². The maximum atomic E-state index is 9.39. The van der Waals surface area contributed by atoms with E-state index in [4.69, 9.17) is 0 Å². The Morgan fingerprint density at radius 3 is 2.47 bits per heavy atom. The zero-order chi connectivity index (χ0) is 10.5. The van der Waals surface area contributed by atoms with Gasteiger partial charge in [0.2, 0.25) is 0 Å². The molecule has 1 unspecified atom stereocenters. The number of aliphatic hydroxyl groups is 1. The van der Waals surface area contributed by atoms with Gasteiger partial charge in [-0.3, -0.25) is 0 Å². The van der Waals surface area contributed by atoms with Gasteiger partial charge in [-0.2, -0.15) is 0 Å². The van der Waals surface area contributed by atoms with Crippen LogP contribution in [0.2, 0.25) is 0 Å². The van der Waals surface area contributed by atoms with E-state index in [0.717, 1.165) is 5.69 Å². The van der Waals surface area contributed by atoms with Crippen LogP contribution in [0.3, 0.4) is 0 Å². The van der Waals surface area contributed by atoms with Crippen LogP contribution in [0.5, 0.6) is 0 Å². The predicted molar refractivity (Wildman–Crippen MR) is 62.9 cm³/mol. The lowest BCUT2D eigenvalue weighted by molar-refractivity contribution is 0.238. The first-order valence-electron chi connectivity index (χ1n) is 5.82. The van der Waals surface area contributed by atoms with Gasteiger partial charge in [-0.1, -0.05) is 31.0 Å². The molecular weight excluding hydrogens is 186 g/mol. The summed E-state index contributed by atoms with van der Waals surface area (Å²) in [6, 6.07) is 10.4. The van der Waals surface area contributed by atoms with Crippen molar-refractivity contribution in [2.45, 2.75) is 31.7 Å². The standard InChI is InChI=1S/C13H19NO/c15-10-13(11-6-4-5-7-11)14-12-8-2-1-3-9-12/h1-3,8-9,11,13-15H,4-7,10H2. The summed E-state index contributed by atoms with van der Waals surface area (Å²) in [4.78, 5) is 0. The molecule has 1 aromatic carbocycles. The number of anilines is 1. The minimum absolute atomic E-state index is 0.231. The Kier molecular flexibility index (Phi) is 3.62. The van der Waals surface area contributed by atoms with Gasteiger partial charge < -0.3 is 10.4 Å². The third kappa shape index (κ3) is 2.72. The molecule has 0 aromatic heterocycles. The Hall–Kier alpha value is -1.02. The molecule has 1 aromatic rings. The Morgan fingerprint density at radius 2 is 1.87 bits per heavy atom. The van der Waals surface area contributed by atoms with E-state index in [1.54, 1.807) is 0 Å². The van der Waals surface area contributed by atoms with Crippen LogP contribution in [0.15, 0.2) is 30.3 Å². The highest BCUT2D eigenvalue weighted by atomic mass is 16.3. The summed E-state index contributed by atoms with van der Waals surface area (Å²) in [6.07, 6.45) is 5.14. The Balaban J connectivity index is 1.96. The van der Waals surface area contributed by atoms with E-state index in [2.05, 4.69) is 17.4 Å². The molecule has 0 bridgehead atoms. The van der Waals surface area contributed by atoms with Gasteiger partial charge in [-0.15, -0.1) is 0 Å². The van der Waals surface area contributed by atoms with Crippen LogP contribution in [-0.2, 0) is 0 Å². The molecule has 1 aliphatic carbocycles. The average molecular weight is 205 g/mol. The lowest BCUT2D eigenvalue weighted by Gasteiger charge is -2.23. The average Bonchev–Trinajstić information content (AvgIpc) is 2.81. The van der Waals surface area contributed by atoms with Crippen molar-refractivity contribution < 1.29 is 5.11 Å². The van der Waals surface area contributed by atoms with Gasteiger partial charge in [-0.25, -0.2) is 0 Å². The molecule has 0 spiro atoms. The van der Waals surface area contributed by atoms with E-state index in [-0.39, 0.29) is 12.6 Å². The van der Waals surface area contributed by atoms with E-state index >= 15 is 0 Å². The molecule has 1 fully saturated rings. The molecule has 0 saturated heterocycles. The topological polar surface area (TPSA) is 32.3 Å². The second-order valence-electron chi connectivity index (χ2n) is 4.34. The fourth-order valence-corrected chi connectivity index (χ4v) is 2.42. The van der Waals surface area contributed by atoms with Crippen molar-refractivity contribution >= 4 is 5.69 Å². The fourth-order valence-electron chi connectivity index (χ4n) is 2.42. The van der Waals surface area contributed by atoms with Crippen LogP contribution in [-0.4, -0.2) is 17.8 Å². The monoisotopic (exact) mass is 205 g/mol. The first-order chi connectivity index (χ1) is 7.40. The number of benzene rings is 1. The molecule has 2 rings (SSSR count). The third-order valence-electron chi connectivity index (χ3n) is 3.29. The largest absolute Gasteiger partial charge is 0.394 e. The first-order valence-corrected chi connectivity index (χ1v) is 5.82. The van der Waals surface area contributed by atoms with Gasteiger partial charge >= 0.3 is 0 Å². The number of hydrogen-bond acceptors (Lipinski definition) is 2. The van der Waals surface area contributed by atoms with Crippen LogP contribution in [0.25, 0.3) is 0 Å². The summed E-state index contributed by atoms with van der Waals surface area (Å²) in [7, 11) is 0. The van der Waals surface area contributed by atoms with E-state index in [1.165, 1.54) is 25.7 Å². The molecule has 15 heavy (non-hydrogen) atoms. The zero-order valence-electron chi connectivity index (χ0n) is 9.02. The molecule has 0 amide bonds. The minimum Gasteiger partial charge on any atom is -0.394 e. The van der Waals surface area contributed by atoms with Gasteiger partial charge in [-0.05, 0) is 30.9 Å². The van der Waals surface area contributed by atoms with Crippen LogP contribution in [0.1, 0.15) is 25.7 Å². The highest BCUT2D eigenvalue weighted by Crippen LogP contribution is 2.29. The van der Waals surface area contributed by atoms with Crippen molar-refractivity contribution in [1.82, 2.24) is 0 Å². The van der Waals surface area contributed by atoms with E-state index < -0.39 is 0 Å². The van der Waals surface area contributed by atoms with Crippen molar-refractivity contribution in [2.75, 3.05) is 11.9 Å². The SMILES string of the molecule is OCC(Nc1ccccc1)C1CCCC1. The molecule has 1 aliphatic rings. The van der Waals surface area contributed by atoms with Gasteiger partial charge in [0, 0.05) is 5.69 Å². The molecule has 1 saturated carbocycles. The number of hydrogen-bond donors (Lipinski definition) is 2. The lowest BCUT2D eigenvalue weighted by atomic mass is 9.98. The summed E-state index contributed by atoms with van der Waals surface area (Å²) in [5.41, 5.74) is 1.11. The smallest absolute Gasteiger partial charge is 0.0635 e. The molecule has 82 valence electrons. The first kappa shape index (κ1) is 10.5. The Bertz CT molecular complexity index is 280. The number of rotatable bonds is 4. The number of aliphatic hydroxyl groups excluding tert-OH is 1. The van der Waals surface area contributed by atoms with E-state index in [1.807, 2.05) is 18.2 Å². The molecule has 1 atom stereocenters. The molecule has 0 radical (unpaired) electrons. The molecule has 2 nitrogen and oxygen atoms in total. The second-order valence-corrected chi connectivity index (χ2v) is 4.34. The number of nitrogens with one attached hydrogen (secondary N) is 1. The third-order valence-corrected chi connectivity index (χ3v) is 3.29. The quantitative estimate of drug-likeness (QED) is 0.792. The molecule has 0 heterocycles. The predicted octanol–water partition coefficient (Wildman–Crippen LogP) is 2.65. The fraction of sp³-hybridized carbons (Fsp3) is 0.538. The van der Waals surface area contributed by atoms with Crippen molar-refractivity contribution in [3.05, 3.63) is 30.3 Å². The van der Waals surface area contributed by atoms with Gasteiger partial charge in [0.25, 0.3) is 0 Å². The van der Waals surface area contributed by atoms with E-state index in [0.29, 0.717) is 5.92 Å². The maximum absolute atomic E-state index is 9.39. The van der Waals surface area contributed by atoms with Crippen molar-refractivity contribution in [3.8, 4) is 0 Å². The highest BCUT2D eigenvalue weighted by Gasteiger charge is 2.23. The molecule has 2 N–H and O–H groups in total. The summed E-state index contributed by atoms with van der Waals surface area (Å²) >= 11 is 0. The van der Waals surface area contributed by atoms with Crippen LogP contribution in [0, 0.1) is 5.92 Å².